The van der Waals surface area contributed by atoms with Gasteiger partial charge in [-0.2, -0.15) is 5.10 Å². The van der Waals surface area contributed by atoms with Crippen LogP contribution in [0.5, 0.6) is 0 Å². The van der Waals surface area contributed by atoms with Gasteiger partial charge in [-0.3, -0.25) is 10.1 Å². The maximum atomic E-state index is 12.4. The summed E-state index contributed by atoms with van der Waals surface area (Å²) < 4.78 is 28.9. The summed E-state index contributed by atoms with van der Waals surface area (Å²) in [4.78, 5) is 9.90. The number of para-hydroxylation sites is 1. The fourth-order valence-corrected chi connectivity index (χ4v) is 3.82. The second-order valence-corrected chi connectivity index (χ2v) is 7.78. The molecule has 10 heteroatoms. The Labute approximate surface area is 160 Å². The van der Waals surface area contributed by atoms with Crippen LogP contribution in [0.1, 0.15) is 5.69 Å². The van der Waals surface area contributed by atoms with Crippen molar-refractivity contribution in [3.63, 3.8) is 0 Å². The van der Waals surface area contributed by atoms with Gasteiger partial charge in [-0.25, -0.2) is 17.8 Å². The van der Waals surface area contributed by atoms with Crippen molar-refractivity contribution < 1.29 is 13.3 Å². The molecule has 0 spiro atoms. The zero-order chi connectivity index (χ0) is 19.4. The number of nitro groups is 1. The molecule has 27 heavy (non-hydrogen) atoms. The molecule has 2 aromatic carbocycles. The van der Waals surface area contributed by atoms with Crippen molar-refractivity contribution in [3.05, 3.63) is 81.6 Å². The van der Waals surface area contributed by atoms with E-state index in [2.05, 4.69) is 9.82 Å². The van der Waals surface area contributed by atoms with E-state index in [-0.39, 0.29) is 11.6 Å². The van der Waals surface area contributed by atoms with Gasteiger partial charge in [-0.05, 0) is 30.3 Å². The van der Waals surface area contributed by atoms with Gasteiger partial charge in [-0.1, -0.05) is 29.8 Å². The maximum absolute atomic E-state index is 12.4. The number of nitrogens with one attached hydrogen (secondary N) is 1. The molecule has 1 heterocycles. The number of benzene rings is 2. The number of aromatic nitrogens is 2. The van der Waals surface area contributed by atoms with Gasteiger partial charge in [0.25, 0.3) is 5.69 Å². The lowest BCUT2D eigenvalue weighted by Crippen LogP contribution is -2.26. The molecule has 3 rings (SSSR count). The first-order chi connectivity index (χ1) is 12.9. The van der Waals surface area contributed by atoms with Gasteiger partial charge in [0.15, 0.2) is 4.90 Å². The standard InChI is InChI=1S/C17H15ClN4O4S/c18-13-6-7-17(16(12-13)22(23)24)27(25,26)19-10-8-14-9-11-21(20-14)15-4-2-1-3-5-15/h1-7,9,11-12,19H,8,10H2. The minimum absolute atomic E-state index is 0.0495. The van der Waals surface area contributed by atoms with Gasteiger partial charge in [-0.15, -0.1) is 0 Å². The molecule has 0 saturated heterocycles. The molecule has 0 aliphatic rings. The van der Waals surface area contributed by atoms with Crippen molar-refractivity contribution in [2.24, 2.45) is 0 Å². The van der Waals surface area contributed by atoms with Gasteiger partial charge in [0.1, 0.15) is 0 Å². The Kier molecular flexibility index (Phi) is 5.54. The second kappa shape index (κ2) is 7.87. The summed E-state index contributed by atoms with van der Waals surface area (Å²) in [5.41, 5.74) is 1.01. The maximum Gasteiger partial charge on any atom is 0.290 e. The van der Waals surface area contributed by atoms with E-state index in [0.29, 0.717) is 12.1 Å². The van der Waals surface area contributed by atoms with Crippen LogP contribution in [-0.4, -0.2) is 29.7 Å². The van der Waals surface area contributed by atoms with Crippen LogP contribution in [0.3, 0.4) is 0 Å². The lowest BCUT2D eigenvalue weighted by Gasteiger charge is -2.07. The van der Waals surface area contributed by atoms with E-state index < -0.39 is 25.5 Å². The zero-order valence-electron chi connectivity index (χ0n) is 13.9. The molecule has 0 bridgehead atoms. The molecule has 0 atom stereocenters. The average molecular weight is 407 g/mol. The van der Waals surface area contributed by atoms with E-state index in [0.717, 1.165) is 17.8 Å². The third-order valence-corrected chi connectivity index (χ3v) is 5.49. The Morgan fingerprint density at radius 3 is 2.59 bits per heavy atom. The minimum Gasteiger partial charge on any atom is -0.258 e. The SMILES string of the molecule is O=[N+]([O-])c1cc(Cl)ccc1S(=O)(=O)NCCc1ccn(-c2ccccc2)n1. The fraction of sp³-hybridized carbons (Fsp3) is 0.118. The number of nitrogens with zero attached hydrogens (tertiary/aromatic N) is 3. The fourth-order valence-electron chi connectivity index (χ4n) is 2.47. The highest BCUT2D eigenvalue weighted by atomic mass is 35.5. The van der Waals surface area contributed by atoms with Gasteiger partial charge in [0.05, 0.1) is 16.3 Å². The quantitative estimate of drug-likeness (QED) is 0.479. The molecule has 0 fully saturated rings. The first-order valence-electron chi connectivity index (χ1n) is 7.90. The third-order valence-electron chi connectivity index (χ3n) is 3.75. The summed E-state index contributed by atoms with van der Waals surface area (Å²) >= 11 is 5.72. The summed E-state index contributed by atoms with van der Waals surface area (Å²) in [6.45, 7) is 0.0495. The number of rotatable bonds is 7. The lowest BCUT2D eigenvalue weighted by atomic mass is 10.3. The summed E-state index contributed by atoms with van der Waals surface area (Å²) in [5, 5.41) is 15.6. The van der Waals surface area contributed by atoms with Crippen molar-refractivity contribution in [2.75, 3.05) is 6.54 Å². The van der Waals surface area contributed by atoms with E-state index >= 15 is 0 Å². The normalized spacial score (nSPS) is 11.4. The van der Waals surface area contributed by atoms with Gasteiger partial charge in [0, 0.05) is 30.3 Å². The van der Waals surface area contributed by atoms with Crippen molar-refractivity contribution in [2.45, 2.75) is 11.3 Å². The first kappa shape index (κ1) is 19.0. The molecule has 1 aromatic heterocycles. The van der Waals surface area contributed by atoms with Gasteiger partial charge in [0.2, 0.25) is 10.0 Å². The van der Waals surface area contributed by atoms with Gasteiger partial charge < -0.3 is 0 Å². The van der Waals surface area contributed by atoms with E-state index in [1.165, 1.54) is 6.07 Å². The molecule has 3 aromatic rings. The first-order valence-corrected chi connectivity index (χ1v) is 9.76. The van der Waals surface area contributed by atoms with Crippen LogP contribution in [-0.2, 0) is 16.4 Å². The van der Waals surface area contributed by atoms with E-state index in [1.807, 2.05) is 30.3 Å². The average Bonchev–Trinajstić information content (AvgIpc) is 3.11. The largest absolute Gasteiger partial charge is 0.290 e. The molecule has 0 unspecified atom stereocenters. The molecule has 0 amide bonds. The Bertz CT molecular complexity index is 1070. The molecule has 0 aliphatic carbocycles. The molecule has 8 nitrogen and oxygen atoms in total. The minimum atomic E-state index is -4.05. The molecule has 0 aliphatic heterocycles. The Morgan fingerprint density at radius 2 is 1.89 bits per heavy atom. The van der Waals surface area contributed by atoms with Crippen LogP contribution < -0.4 is 4.72 Å². The third kappa shape index (κ3) is 4.51. The van der Waals surface area contributed by atoms with E-state index in [1.54, 1.807) is 16.9 Å². The smallest absolute Gasteiger partial charge is 0.258 e. The highest BCUT2D eigenvalue weighted by molar-refractivity contribution is 7.89. The lowest BCUT2D eigenvalue weighted by molar-refractivity contribution is -0.387. The van der Waals surface area contributed by atoms with Crippen LogP contribution in [0.2, 0.25) is 5.02 Å². The van der Waals surface area contributed by atoms with Crippen molar-refractivity contribution in [3.8, 4) is 5.69 Å². The Balaban J connectivity index is 1.69. The van der Waals surface area contributed by atoms with Crippen LogP contribution in [0.4, 0.5) is 5.69 Å². The monoisotopic (exact) mass is 406 g/mol. The number of hydrogen-bond acceptors (Lipinski definition) is 5. The molecule has 0 saturated carbocycles. The predicted molar refractivity (Wildman–Crippen MR) is 101 cm³/mol. The summed E-state index contributed by atoms with van der Waals surface area (Å²) in [6.07, 6.45) is 2.11. The van der Waals surface area contributed by atoms with Crippen molar-refractivity contribution in [1.82, 2.24) is 14.5 Å². The van der Waals surface area contributed by atoms with Crippen LogP contribution in [0.25, 0.3) is 5.69 Å². The molecule has 140 valence electrons. The summed E-state index contributed by atoms with van der Waals surface area (Å²) in [6, 6.07) is 14.7. The van der Waals surface area contributed by atoms with Crippen LogP contribution in [0.15, 0.2) is 65.7 Å². The molecular formula is C17H15ClN4O4S. The van der Waals surface area contributed by atoms with Crippen LogP contribution in [0, 0.1) is 10.1 Å². The molecule has 1 N–H and O–H groups in total. The number of halogens is 1. The van der Waals surface area contributed by atoms with Gasteiger partial charge >= 0.3 is 0 Å². The number of sulfonamides is 1. The molecule has 0 radical (unpaired) electrons. The van der Waals surface area contributed by atoms with Crippen LogP contribution >= 0.6 is 11.6 Å². The van der Waals surface area contributed by atoms with E-state index in [9.17, 15) is 18.5 Å². The highest BCUT2D eigenvalue weighted by Gasteiger charge is 2.25. The Hall–Kier alpha value is -2.75. The summed E-state index contributed by atoms with van der Waals surface area (Å²) in [7, 11) is -4.05. The van der Waals surface area contributed by atoms with E-state index in [4.69, 9.17) is 11.6 Å². The highest BCUT2D eigenvalue weighted by Crippen LogP contribution is 2.26. The number of hydrogen-bond donors (Lipinski definition) is 1. The zero-order valence-corrected chi connectivity index (χ0v) is 15.5. The topological polar surface area (TPSA) is 107 Å². The predicted octanol–water partition coefficient (Wildman–Crippen LogP) is 2.95. The summed E-state index contributed by atoms with van der Waals surface area (Å²) in [5.74, 6) is 0. The van der Waals surface area contributed by atoms with Crippen molar-refractivity contribution in [1.29, 1.82) is 0 Å². The van der Waals surface area contributed by atoms with Crippen molar-refractivity contribution >= 4 is 27.3 Å². The molecular weight excluding hydrogens is 392 g/mol. The Morgan fingerprint density at radius 1 is 1.15 bits per heavy atom. The second-order valence-electron chi connectivity index (χ2n) is 5.60. The number of nitro benzene ring substituents is 1.